The second kappa shape index (κ2) is 10.9. The van der Waals surface area contributed by atoms with Gasteiger partial charge in [0.1, 0.15) is 5.82 Å². The van der Waals surface area contributed by atoms with Gasteiger partial charge in [-0.3, -0.25) is 0 Å². The van der Waals surface area contributed by atoms with E-state index in [4.69, 9.17) is 16.6 Å². The Morgan fingerprint density at radius 2 is 1.75 bits per heavy atom. The van der Waals surface area contributed by atoms with E-state index in [1.54, 1.807) is 24.3 Å². The highest BCUT2D eigenvalue weighted by molar-refractivity contribution is 7.90. The summed E-state index contributed by atoms with van der Waals surface area (Å²) < 4.78 is 23.3. The van der Waals surface area contributed by atoms with Crippen LogP contribution in [0.3, 0.4) is 0 Å². The normalized spacial score (nSPS) is 12.2. The van der Waals surface area contributed by atoms with Gasteiger partial charge in [-0.1, -0.05) is 43.7 Å². The van der Waals surface area contributed by atoms with Crippen molar-refractivity contribution < 1.29 is 8.42 Å². The zero-order valence-corrected chi connectivity index (χ0v) is 20.2. The van der Waals surface area contributed by atoms with E-state index in [0.29, 0.717) is 15.7 Å². The fraction of sp³-hybridized carbons (Fsp3) is 0.333. The van der Waals surface area contributed by atoms with Crippen LogP contribution in [-0.4, -0.2) is 55.7 Å². The maximum Gasteiger partial charge on any atom is 0.175 e. The summed E-state index contributed by atoms with van der Waals surface area (Å²) in [4.78, 5) is 12.0. The van der Waals surface area contributed by atoms with Crippen molar-refractivity contribution in [2.24, 2.45) is 0 Å². The van der Waals surface area contributed by atoms with E-state index in [1.165, 1.54) is 6.26 Å². The molecular formula is C24H29ClN4O2S. The quantitative estimate of drug-likeness (QED) is 0.418. The topological polar surface area (TPSA) is 75.2 Å². The highest BCUT2D eigenvalue weighted by Crippen LogP contribution is 2.25. The van der Waals surface area contributed by atoms with E-state index in [1.807, 2.05) is 30.4 Å². The van der Waals surface area contributed by atoms with E-state index in [0.717, 1.165) is 54.9 Å². The first kappa shape index (κ1) is 24.2. The van der Waals surface area contributed by atoms with Crippen molar-refractivity contribution in [3.63, 3.8) is 0 Å². The molecule has 0 aliphatic rings. The van der Waals surface area contributed by atoms with E-state index in [2.05, 4.69) is 29.0 Å². The van der Waals surface area contributed by atoms with Crippen LogP contribution in [-0.2, 0) is 9.84 Å². The van der Waals surface area contributed by atoms with Gasteiger partial charge in [0.25, 0.3) is 0 Å². The number of hydrogen-bond donors (Lipinski definition) is 1. The standard InChI is InChI=1S/C24H29ClN4O2S/c1-4-29(5-2)16-6-15-26-24-21-17-19(25)10-13-22(21)27-23(28-24)14-9-18-7-11-20(12-8-18)32(3,30)31/h7-14,17H,4-6,15-16H2,1-3H3,(H,26,27,28). The van der Waals surface area contributed by atoms with Gasteiger partial charge < -0.3 is 10.2 Å². The molecule has 0 atom stereocenters. The molecule has 170 valence electrons. The highest BCUT2D eigenvalue weighted by Gasteiger charge is 2.08. The fourth-order valence-corrected chi connectivity index (χ4v) is 4.18. The zero-order chi connectivity index (χ0) is 23.1. The summed E-state index contributed by atoms with van der Waals surface area (Å²) in [6.45, 7) is 8.25. The summed E-state index contributed by atoms with van der Waals surface area (Å²) in [6, 6.07) is 12.3. The monoisotopic (exact) mass is 472 g/mol. The minimum Gasteiger partial charge on any atom is -0.369 e. The van der Waals surface area contributed by atoms with E-state index < -0.39 is 9.84 Å². The van der Waals surface area contributed by atoms with Crippen LogP contribution in [0.15, 0.2) is 47.4 Å². The fourth-order valence-electron chi connectivity index (χ4n) is 3.37. The zero-order valence-electron chi connectivity index (χ0n) is 18.7. The number of sulfone groups is 1. The van der Waals surface area contributed by atoms with Gasteiger partial charge in [-0.2, -0.15) is 0 Å². The molecule has 0 bridgehead atoms. The molecule has 6 nitrogen and oxygen atoms in total. The van der Waals surface area contributed by atoms with Crippen LogP contribution in [0.25, 0.3) is 23.1 Å². The minimum atomic E-state index is -3.21. The average molecular weight is 473 g/mol. The van der Waals surface area contributed by atoms with Crippen molar-refractivity contribution in [2.75, 3.05) is 37.8 Å². The molecule has 8 heteroatoms. The summed E-state index contributed by atoms with van der Waals surface area (Å²) in [5, 5.41) is 4.97. The first-order valence-electron chi connectivity index (χ1n) is 10.7. The van der Waals surface area contributed by atoms with Crippen molar-refractivity contribution in [3.05, 3.63) is 58.9 Å². The van der Waals surface area contributed by atoms with Gasteiger partial charge in [0.15, 0.2) is 15.7 Å². The minimum absolute atomic E-state index is 0.296. The molecule has 32 heavy (non-hydrogen) atoms. The van der Waals surface area contributed by atoms with Crippen LogP contribution in [0.1, 0.15) is 31.7 Å². The molecule has 1 N–H and O–H groups in total. The number of nitrogens with zero attached hydrogens (tertiary/aromatic N) is 3. The number of benzene rings is 2. The van der Waals surface area contributed by atoms with Crippen LogP contribution >= 0.6 is 11.6 Å². The maximum atomic E-state index is 11.6. The molecule has 3 rings (SSSR count). The van der Waals surface area contributed by atoms with Gasteiger partial charge >= 0.3 is 0 Å². The maximum absolute atomic E-state index is 11.6. The van der Waals surface area contributed by atoms with Gasteiger partial charge in [0.2, 0.25) is 0 Å². The van der Waals surface area contributed by atoms with Gasteiger partial charge in [-0.15, -0.1) is 0 Å². The lowest BCUT2D eigenvalue weighted by molar-refractivity contribution is 0.303. The number of fused-ring (bicyclic) bond motifs is 1. The summed E-state index contributed by atoms with van der Waals surface area (Å²) in [5.74, 6) is 1.32. The molecule has 2 aromatic carbocycles. The number of aromatic nitrogens is 2. The number of halogens is 1. The third-order valence-corrected chi connectivity index (χ3v) is 6.61. The Labute approximate surface area is 195 Å². The smallest absolute Gasteiger partial charge is 0.175 e. The van der Waals surface area contributed by atoms with Crippen molar-refractivity contribution >= 4 is 50.3 Å². The predicted molar refractivity (Wildman–Crippen MR) is 134 cm³/mol. The predicted octanol–water partition coefficient (Wildman–Crippen LogP) is 5.00. The molecule has 3 aromatic rings. The van der Waals surface area contributed by atoms with Crippen LogP contribution in [0.5, 0.6) is 0 Å². The van der Waals surface area contributed by atoms with Crippen LogP contribution in [0.4, 0.5) is 5.82 Å². The highest BCUT2D eigenvalue weighted by atomic mass is 35.5. The Morgan fingerprint density at radius 3 is 2.41 bits per heavy atom. The number of hydrogen-bond acceptors (Lipinski definition) is 6. The SMILES string of the molecule is CCN(CC)CCCNc1nc(C=Cc2ccc(S(C)(=O)=O)cc2)nc2ccc(Cl)cc12. The third kappa shape index (κ3) is 6.51. The van der Waals surface area contributed by atoms with Gasteiger partial charge in [0.05, 0.1) is 10.4 Å². The van der Waals surface area contributed by atoms with Crippen LogP contribution in [0.2, 0.25) is 5.02 Å². The molecule has 0 saturated carbocycles. The molecule has 0 aliphatic carbocycles. The van der Waals surface area contributed by atoms with Gasteiger partial charge in [0, 0.05) is 23.2 Å². The van der Waals surface area contributed by atoms with Crippen molar-refractivity contribution in [1.29, 1.82) is 0 Å². The summed E-state index contributed by atoms with van der Waals surface area (Å²) >= 11 is 6.21. The molecule has 0 spiro atoms. The lowest BCUT2D eigenvalue weighted by atomic mass is 10.2. The van der Waals surface area contributed by atoms with Gasteiger partial charge in [-0.25, -0.2) is 18.4 Å². The summed E-state index contributed by atoms with van der Waals surface area (Å²) in [6.07, 6.45) is 5.90. The van der Waals surface area contributed by atoms with Crippen molar-refractivity contribution in [1.82, 2.24) is 14.9 Å². The Bertz CT molecular complexity index is 1190. The summed E-state index contributed by atoms with van der Waals surface area (Å²) in [7, 11) is -3.21. The number of anilines is 1. The lowest BCUT2D eigenvalue weighted by Crippen LogP contribution is -2.25. The van der Waals surface area contributed by atoms with Crippen LogP contribution < -0.4 is 5.32 Å². The van der Waals surface area contributed by atoms with E-state index in [-0.39, 0.29) is 0 Å². The van der Waals surface area contributed by atoms with Crippen molar-refractivity contribution in [2.45, 2.75) is 25.2 Å². The number of rotatable bonds is 10. The Hall–Kier alpha value is -2.48. The molecule has 1 aromatic heterocycles. The van der Waals surface area contributed by atoms with Crippen LogP contribution in [0, 0.1) is 0 Å². The van der Waals surface area contributed by atoms with E-state index in [9.17, 15) is 8.42 Å². The lowest BCUT2D eigenvalue weighted by Gasteiger charge is -2.18. The molecule has 1 heterocycles. The Kier molecular flexibility index (Phi) is 8.23. The molecule has 0 radical (unpaired) electrons. The summed E-state index contributed by atoms with van der Waals surface area (Å²) in [5.41, 5.74) is 1.67. The molecule has 0 unspecified atom stereocenters. The molecule has 0 amide bonds. The number of nitrogens with one attached hydrogen (secondary N) is 1. The first-order chi connectivity index (χ1) is 15.3. The molecule has 0 saturated heterocycles. The van der Waals surface area contributed by atoms with Gasteiger partial charge in [-0.05, 0) is 68.0 Å². The van der Waals surface area contributed by atoms with Crippen molar-refractivity contribution in [3.8, 4) is 0 Å². The Morgan fingerprint density at radius 1 is 1.03 bits per heavy atom. The average Bonchev–Trinajstić information content (AvgIpc) is 2.77. The third-order valence-electron chi connectivity index (χ3n) is 5.25. The molecule has 0 aliphatic heterocycles. The molecule has 0 fully saturated rings. The second-order valence-corrected chi connectivity index (χ2v) is 10.0. The second-order valence-electron chi connectivity index (χ2n) is 7.57. The largest absolute Gasteiger partial charge is 0.369 e. The van der Waals surface area contributed by atoms with E-state index >= 15 is 0 Å². The Balaban J connectivity index is 1.81. The molecular weight excluding hydrogens is 444 g/mol. The first-order valence-corrected chi connectivity index (χ1v) is 13.0.